The van der Waals surface area contributed by atoms with Crippen LogP contribution in [0.5, 0.6) is 5.75 Å². The number of nitrogens with one attached hydrogen (secondary N) is 2. The first kappa shape index (κ1) is 23.3. The Morgan fingerprint density at radius 1 is 1.00 bits per heavy atom. The van der Waals surface area contributed by atoms with E-state index in [1.807, 2.05) is 0 Å². The maximum Gasteiger partial charge on any atom is 0.308 e. The number of sulfonamides is 1. The number of rotatable bonds is 6. The number of ether oxygens (including phenoxy) is 1. The average Bonchev–Trinajstić information content (AvgIpc) is 2.73. The molecular weight excluding hydrogens is 434 g/mol. The minimum Gasteiger partial charge on any atom is -0.427 e. The van der Waals surface area contributed by atoms with Gasteiger partial charge in [0, 0.05) is 42.9 Å². The molecule has 2 aromatic rings. The summed E-state index contributed by atoms with van der Waals surface area (Å²) in [6.07, 6.45) is 2.27. The molecule has 0 unspecified atom stereocenters. The molecule has 0 aliphatic carbocycles. The SMILES string of the molecule is CC(=O)Oc1cccc(C(=O)N2CCC(NC(=O)c3ccc(NS(C)(=O)=O)cc3)CC2)c1. The van der Waals surface area contributed by atoms with E-state index in [4.69, 9.17) is 4.74 Å². The van der Waals surface area contributed by atoms with Gasteiger partial charge in [-0.15, -0.1) is 0 Å². The number of nitrogens with zero attached hydrogens (tertiary/aromatic N) is 1. The number of anilines is 1. The van der Waals surface area contributed by atoms with Gasteiger partial charge in [0.25, 0.3) is 11.8 Å². The van der Waals surface area contributed by atoms with E-state index in [1.54, 1.807) is 41.3 Å². The van der Waals surface area contributed by atoms with Crippen molar-refractivity contribution in [3.63, 3.8) is 0 Å². The second-order valence-corrected chi connectivity index (χ2v) is 9.36. The van der Waals surface area contributed by atoms with Gasteiger partial charge in [-0.25, -0.2) is 8.42 Å². The molecule has 0 spiro atoms. The average molecular weight is 460 g/mol. The van der Waals surface area contributed by atoms with Gasteiger partial charge < -0.3 is 15.0 Å². The van der Waals surface area contributed by atoms with E-state index >= 15 is 0 Å². The summed E-state index contributed by atoms with van der Waals surface area (Å²) in [4.78, 5) is 38.1. The van der Waals surface area contributed by atoms with Crippen LogP contribution in [0.3, 0.4) is 0 Å². The highest BCUT2D eigenvalue weighted by Crippen LogP contribution is 2.19. The van der Waals surface area contributed by atoms with Gasteiger partial charge in [0.1, 0.15) is 5.75 Å². The first-order valence-corrected chi connectivity index (χ1v) is 12.0. The predicted octanol–water partition coefficient (Wildman–Crippen LogP) is 2.02. The van der Waals surface area contributed by atoms with Crippen LogP contribution in [-0.2, 0) is 14.8 Å². The van der Waals surface area contributed by atoms with E-state index in [2.05, 4.69) is 10.0 Å². The third-order valence-electron chi connectivity index (χ3n) is 4.91. The lowest BCUT2D eigenvalue weighted by atomic mass is 10.0. The normalized spacial score (nSPS) is 14.5. The molecule has 1 aliphatic heterocycles. The molecule has 0 radical (unpaired) electrons. The maximum absolute atomic E-state index is 12.8. The molecule has 0 saturated carbocycles. The number of carbonyl (C=O) groups is 3. The molecule has 1 saturated heterocycles. The number of amides is 2. The van der Waals surface area contributed by atoms with Gasteiger partial charge >= 0.3 is 5.97 Å². The second kappa shape index (κ2) is 9.82. The lowest BCUT2D eigenvalue weighted by Crippen LogP contribution is -2.46. The standard InChI is InChI=1S/C22H25N3O6S/c1-15(26)31-20-5-3-4-17(14-20)22(28)25-12-10-18(11-13-25)23-21(27)16-6-8-19(9-7-16)24-32(2,29)30/h3-9,14,18,24H,10-13H2,1-2H3,(H,23,27). The molecule has 0 bridgehead atoms. The van der Waals surface area contributed by atoms with Crippen LogP contribution in [0.25, 0.3) is 0 Å². The summed E-state index contributed by atoms with van der Waals surface area (Å²) >= 11 is 0. The van der Waals surface area contributed by atoms with Crippen LogP contribution in [0.4, 0.5) is 5.69 Å². The van der Waals surface area contributed by atoms with Crippen LogP contribution in [-0.4, -0.2) is 56.5 Å². The topological polar surface area (TPSA) is 122 Å². The third kappa shape index (κ3) is 6.55. The van der Waals surface area contributed by atoms with Crippen LogP contribution < -0.4 is 14.8 Å². The smallest absolute Gasteiger partial charge is 0.308 e. The molecule has 3 rings (SSSR count). The molecule has 1 fully saturated rings. The molecule has 2 N–H and O–H groups in total. The minimum atomic E-state index is -3.38. The summed E-state index contributed by atoms with van der Waals surface area (Å²) in [5, 5.41) is 2.96. The molecule has 9 nitrogen and oxygen atoms in total. The summed E-state index contributed by atoms with van der Waals surface area (Å²) in [5.74, 6) is -0.539. The predicted molar refractivity (Wildman–Crippen MR) is 119 cm³/mol. The van der Waals surface area contributed by atoms with Gasteiger partial charge in [-0.1, -0.05) is 6.07 Å². The molecular formula is C22H25N3O6S. The van der Waals surface area contributed by atoms with Crippen LogP contribution in [0, 0.1) is 0 Å². The van der Waals surface area contributed by atoms with Crippen molar-refractivity contribution in [2.75, 3.05) is 24.1 Å². The summed E-state index contributed by atoms with van der Waals surface area (Å²) in [7, 11) is -3.38. The quantitative estimate of drug-likeness (QED) is 0.503. The van der Waals surface area contributed by atoms with Crippen molar-refractivity contribution < 1.29 is 27.5 Å². The maximum atomic E-state index is 12.8. The number of likely N-dealkylation sites (tertiary alicyclic amines) is 1. The van der Waals surface area contributed by atoms with Gasteiger partial charge in [-0.05, 0) is 55.3 Å². The van der Waals surface area contributed by atoms with E-state index in [-0.39, 0.29) is 17.9 Å². The Kier molecular flexibility index (Phi) is 7.14. The van der Waals surface area contributed by atoms with Crippen molar-refractivity contribution in [2.24, 2.45) is 0 Å². The van der Waals surface area contributed by atoms with E-state index in [0.717, 1.165) is 6.26 Å². The van der Waals surface area contributed by atoms with Gasteiger partial charge in [0.2, 0.25) is 10.0 Å². The summed E-state index contributed by atoms with van der Waals surface area (Å²) in [6.45, 7) is 2.27. The molecule has 0 aromatic heterocycles. The first-order chi connectivity index (χ1) is 15.1. The van der Waals surface area contributed by atoms with Crippen LogP contribution in [0.1, 0.15) is 40.5 Å². The Morgan fingerprint density at radius 2 is 1.66 bits per heavy atom. The Bertz CT molecular complexity index is 1110. The lowest BCUT2D eigenvalue weighted by molar-refractivity contribution is -0.131. The number of hydrogen-bond donors (Lipinski definition) is 2. The van der Waals surface area contributed by atoms with E-state index < -0.39 is 16.0 Å². The van der Waals surface area contributed by atoms with Crippen molar-refractivity contribution in [1.29, 1.82) is 0 Å². The molecule has 2 aromatic carbocycles. The molecule has 2 amide bonds. The highest BCUT2D eigenvalue weighted by molar-refractivity contribution is 7.92. The highest BCUT2D eigenvalue weighted by Gasteiger charge is 2.25. The van der Waals surface area contributed by atoms with Crippen LogP contribution >= 0.6 is 0 Å². The lowest BCUT2D eigenvalue weighted by Gasteiger charge is -2.32. The summed E-state index contributed by atoms with van der Waals surface area (Å²) < 4.78 is 29.9. The number of piperidine rings is 1. The Hall–Kier alpha value is -3.40. The Balaban J connectivity index is 1.53. The van der Waals surface area contributed by atoms with Gasteiger partial charge in [0.05, 0.1) is 6.26 Å². The molecule has 10 heteroatoms. The first-order valence-electron chi connectivity index (χ1n) is 10.1. The fourth-order valence-electron chi connectivity index (χ4n) is 3.44. The highest BCUT2D eigenvalue weighted by atomic mass is 32.2. The third-order valence-corrected chi connectivity index (χ3v) is 5.52. The van der Waals surface area contributed by atoms with Gasteiger partial charge in [-0.2, -0.15) is 0 Å². The zero-order valence-corrected chi connectivity index (χ0v) is 18.6. The van der Waals surface area contributed by atoms with Crippen LogP contribution in [0.15, 0.2) is 48.5 Å². The Morgan fingerprint density at radius 3 is 2.25 bits per heavy atom. The summed E-state index contributed by atoms with van der Waals surface area (Å²) in [6, 6.07) is 12.6. The number of carbonyl (C=O) groups excluding carboxylic acids is 3. The fraction of sp³-hybridized carbons (Fsp3) is 0.318. The number of benzene rings is 2. The molecule has 1 heterocycles. The summed E-state index contributed by atoms with van der Waals surface area (Å²) in [5.41, 5.74) is 1.24. The number of esters is 1. The van der Waals surface area contributed by atoms with Crippen molar-refractivity contribution in [1.82, 2.24) is 10.2 Å². The van der Waals surface area contributed by atoms with Crippen molar-refractivity contribution in [2.45, 2.75) is 25.8 Å². The minimum absolute atomic E-state index is 0.0762. The van der Waals surface area contributed by atoms with Crippen molar-refractivity contribution >= 4 is 33.5 Å². The molecule has 1 aliphatic rings. The molecule has 170 valence electrons. The van der Waals surface area contributed by atoms with Gasteiger partial charge in [-0.3, -0.25) is 19.1 Å². The second-order valence-electron chi connectivity index (χ2n) is 7.61. The Labute approximate surface area is 186 Å². The largest absolute Gasteiger partial charge is 0.427 e. The van der Waals surface area contributed by atoms with Gasteiger partial charge in [0.15, 0.2) is 0 Å². The number of hydrogen-bond acceptors (Lipinski definition) is 6. The molecule has 32 heavy (non-hydrogen) atoms. The van der Waals surface area contributed by atoms with Crippen molar-refractivity contribution in [3.05, 3.63) is 59.7 Å². The van der Waals surface area contributed by atoms with E-state index in [9.17, 15) is 22.8 Å². The van der Waals surface area contributed by atoms with Crippen LogP contribution in [0.2, 0.25) is 0 Å². The van der Waals surface area contributed by atoms with E-state index in [0.29, 0.717) is 48.5 Å². The van der Waals surface area contributed by atoms with E-state index in [1.165, 1.54) is 19.1 Å². The zero-order valence-electron chi connectivity index (χ0n) is 17.8. The monoisotopic (exact) mass is 459 g/mol. The van der Waals surface area contributed by atoms with Crippen molar-refractivity contribution in [3.8, 4) is 5.75 Å². The zero-order chi connectivity index (χ0) is 23.3. The fourth-order valence-corrected chi connectivity index (χ4v) is 4.00. The molecule has 0 atom stereocenters.